The van der Waals surface area contributed by atoms with E-state index in [0.29, 0.717) is 5.92 Å². The predicted molar refractivity (Wildman–Crippen MR) is 93.2 cm³/mol. The minimum absolute atomic E-state index is 0.398. The summed E-state index contributed by atoms with van der Waals surface area (Å²) in [6.07, 6.45) is 1.03. The maximum atomic E-state index is 13.6. The minimum atomic E-state index is -1.61. The molecule has 0 aromatic heterocycles. The number of carbonyl (C=O) groups is 1. The predicted octanol–water partition coefficient (Wildman–Crippen LogP) is 5.06. The van der Waals surface area contributed by atoms with Gasteiger partial charge in [-0.3, -0.25) is 4.79 Å². The highest BCUT2D eigenvalue weighted by atomic mass is 19.2. The zero-order valence-electron chi connectivity index (χ0n) is 14.4. The van der Waals surface area contributed by atoms with E-state index in [4.69, 9.17) is 0 Å². The molecule has 0 spiro atoms. The Bertz CT molecular complexity index is 747. The molecule has 25 heavy (non-hydrogen) atoms. The van der Waals surface area contributed by atoms with Gasteiger partial charge in [0.25, 0.3) is 0 Å². The largest absolute Gasteiger partial charge is 0.374 e. The molecule has 2 N–H and O–H groups in total. The molecule has 0 aliphatic rings. The van der Waals surface area contributed by atoms with Gasteiger partial charge < -0.3 is 10.6 Å². The maximum absolute atomic E-state index is 13.6. The van der Waals surface area contributed by atoms with E-state index < -0.39 is 35.1 Å². The first-order valence-electron chi connectivity index (χ1n) is 8.14. The van der Waals surface area contributed by atoms with Crippen molar-refractivity contribution in [1.82, 2.24) is 0 Å². The van der Waals surface area contributed by atoms with Crippen LogP contribution in [0.2, 0.25) is 0 Å². The smallest absolute Gasteiger partial charge is 0.246 e. The Hall–Kier alpha value is -2.50. The molecule has 2 atom stereocenters. The van der Waals surface area contributed by atoms with Crippen LogP contribution in [0.25, 0.3) is 0 Å². The van der Waals surface area contributed by atoms with Crippen molar-refractivity contribution in [3.05, 3.63) is 59.4 Å². The summed E-state index contributed by atoms with van der Waals surface area (Å²) in [5.41, 5.74) is 1.54. The molecule has 0 aliphatic heterocycles. The molecule has 1 amide bonds. The van der Waals surface area contributed by atoms with Crippen molar-refractivity contribution in [1.29, 1.82) is 0 Å². The quantitative estimate of drug-likeness (QED) is 0.715. The van der Waals surface area contributed by atoms with E-state index in [1.807, 2.05) is 24.3 Å². The maximum Gasteiger partial charge on any atom is 0.246 e. The van der Waals surface area contributed by atoms with Crippen LogP contribution in [0.4, 0.5) is 24.5 Å². The van der Waals surface area contributed by atoms with E-state index in [1.54, 1.807) is 6.92 Å². The zero-order chi connectivity index (χ0) is 18.6. The first-order chi connectivity index (χ1) is 11.8. The van der Waals surface area contributed by atoms with Crippen LogP contribution in [-0.4, -0.2) is 11.9 Å². The second-order valence-electron chi connectivity index (χ2n) is 6.01. The van der Waals surface area contributed by atoms with Crippen molar-refractivity contribution < 1.29 is 18.0 Å². The third kappa shape index (κ3) is 4.53. The van der Waals surface area contributed by atoms with Crippen LogP contribution in [0.1, 0.15) is 38.7 Å². The van der Waals surface area contributed by atoms with Gasteiger partial charge in [0.15, 0.2) is 17.5 Å². The lowest BCUT2D eigenvalue weighted by Gasteiger charge is -2.17. The Balaban J connectivity index is 2.02. The summed E-state index contributed by atoms with van der Waals surface area (Å²) in [5.74, 6) is -4.44. The van der Waals surface area contributed by atoms with Gasteiger partial charge in [-0.1, -0.05) is 26.0 Å². The zero-order valence-corrected chi connectivity index (χ0v) is 14.4. The second kappa shape index (κ2) is 8.05. The third-order valence-corrected chi connectivity index (χ3v) is 4.16. The fraction of sp³-hybridized carbons (Fsp3) is 0.316. The molecular formula is C19H21F3N2O. The summed E-state index contributed by atoms with van der Waals surface area (Å²) in [6.45, 7) is 5.84. The molecule has 0 saturated carbocycles. The van der Waals surface area contributed by atoms with Crippen LogP contribution >= 0.6 is 0 Å². The summed E-state index contributed by atoms with van der Waals surface area (Å²) >= 11 is 0. The summed E-state index contributed by atoms with van der Waals surface area (Å²) in [7, 11) is 0. The van der Waals surface area contributed by atoms with E-state index in [-0.39, 0.29) is 0 Å². The minimum Gasteiger partial charge on any atom is -0.374 e. The number of rotatable bonds is 6. The number of benzene rings is 2. The van der Waals surface area contributed by atoms with E-state index in [1.165, 1.54) is 5.56 Å². The molecule has 2 rings (SSSR count). The number of halogens is 3. The molecule has 134 valence electrons. The van der Waals surface area contributed by atoms with Gasteiger partial charge in [-0.2, -0.15) is 0 Å². The van der Waals surface area contributed by atoms with Crippen LogP contribution in [-0.2, 0) is 4.79 Å². The molecule has 0 radical (unpaired) electrons. The Labute approximate surface area is 145 Å². The first kappa shape index (κ1) is 18.8. The molecule has 2 aromatic carbocycles. The topological polar surface area (TPSA) is 41.1 Å². The van der Waals surface area contributed by atoms with Crippen molar-refractivity contribution in [2.24, 2.45) is 0 Å². The Morgan fingerprint density at radius 2 is 1.64 bits per heavy atom. The lowest BCUT2D eigenvalue weighted by molar-refractivity contribution is -0.116. The third-order valence-electron chi connectivity index (χ3n) is 4.16. The van der Waals surface area contributed by atoms with Crippen molar-refractivity contribution in [2.45, 2.75) is 39.2 Å². The summed E-state index contributed by atoms with van der Waals surface area (Å²) in [5, 5.41) is 5.24. The molecule has 0 saturated heterocycles. The molecule has 3 nitrogen and oxygen atoms in total. The Morgan fingerprint density at radius 3 is 2.24 bits per heavy atom. The Morgan fingerprint density at radius 1 is 1.00 bits per heavy atom. The highest BCUT2D eigenvalue weighted by Gasteiger charge is 2.18. The van der Waals surface area contributed by atoms with Crippen molar-refractivity contribution in [2.75, 3.05) is 10.6 Å². The second-order valence-corrected chi connectivity index (χ2v) is 6.01. The number of nitrogens with one attached hydrogen (secondary N) is 2. The average molecular weight is 350 g/mol. The van der Waals surface area contributed by atoms with E-state index >= 15 is 0 Å². The number of hydrogen-bond acceptors (Lipinski definition) is 2. The van der Waals surface area contributed by atoms with Gasteiger partial charge in [0.05, 0.1) is 5.69 Å². The summed E-state index contributed by atoms with van der Waals surface area (Å²) in [6, 6.07) is 8.75. The standard InChI is InChI=1S/C19H21F3N2O/c1-4-11(2)13-5-7-14(8-6-13)23-12(3)19(25)24-16-10-9-15(20)17(21)18(16)22/h5-12,23H,4H2,1-3H3,(H,24,25)/t11-,12-/m0/s1. The number of hydrogen-bond donors (Lipinski definition) is 2. The summed E-state index contributed by atoms with van der Waals surface area (Å²) in [4.78, 5) is 12.1. The summed E-state index contributed by atoms with van der Waals surface area (Å²) < 4.78 is 39.7. The molecule has 0 unspecified atom stereocenters. The average Bonchev–Trinajstić information content (AvgIpc) is 2.62. The highest BCUT2D eigenvalue weighted by molar-refractivity contribution is 5.96. The number of anilines is 2. The Kier molecular flexibility index (Phi) is 6.07. The molecule has 6 heteroatoms. The van der Waals surface area contributed by atoms with Crippen LogP contribution in [0.3, 0.4) is 0 Å². The van der Waals surface area contributed by atoms with Crippen molar-refractivity contribution in [3.8, 4) is 0 Å². The SMILES string of the molecule is CC[C@H](C)c1ccc(N[C@@H](C)C(=O)Nc2ccc(F)c(F)c2F)cc1. The molecule has 2 aromatic rings. The van der Waals surface area contributed by atoms with Crippen molar-refractivity contribution >= 4 is 17.3 Å². The fourth-order valence-corrected chi connectivity index (χ4v) is 2.32. The molecule has 0 bridgehead atoms. The number of carbonyl (C=O) groups excluding carboxylic acids is 1. The number of amides is 1. The fourth-order valence-electron chi connectivity index (χ4n) is 2.32. The van der Waals surface area contributed by atoms with E-state index in [2.05, 4.69) is 24.5 Å². The lowest BCUT2D eigenvalue weighted by Crippen LogP contribution is -2.32. The van der Waals surface area contributed by atoms with Gasteiger partial charge in [0.1, 0.15) is 6.04 Å². The van der Waals surface area contributed by atoms with Gasteiger partial charge in [0.2, 0.25) is 5.91 Å². The van der Waals surface area contributed by atoms with Gasteiger partial charge in [-0.05, 0) is 49.1 Å². The van der Waals surface area contributed by atoms with E-state index in [9.17, 15) is 18.0 Å². The van der Waals surface area contributed by atoms with Crippen molar-refractivity contribution in [3.63, 3.8) is 0 Å². The van der Waals surface area contributed by atoms with Crippen LogP contribution in [0.15, 0.2) is 36.4 Å². The van der Waals surface area contributed by atoms with Gasteiger partial charge in [-0.25, -0.2) is 13.2 Å². The lowest BCUT2D eigenvalue weighted by atomic mass is 9.98. The van der Waals surface area contributed by atoms with E-state index in [0.717, 1.165) is 24.2 Å². The molecule has 0 heterocycles. The molecular weight excluding hydrogens is 329 g/mol. The van der Waals surface area contributed by atoms with Crippen LogP contribution < -0.4 is 10.6 Å². The van der Waals surface area contributed by atoms with Gasteiger partial charge in [-0.15, -0.1) is 0 Å². The molecule has 0 aliphatic carbocycles. The highest BCUT2D eigenvalue weighted by Crippen LogP contribution is 2.22. The van der Waals surface area contributed by atoms with Crippen LogP contribution in [0, 0.1) is 17.5 Å². The molecule has 0 fully saturated rings. The monoisotopic (exact) mass is 350 g/mol. The van der Waals surface area contributed by atoms with Gasteiger partial charge >= 0.3 is 0 Å². The van der Waals surface area contributed by atoms with Crippen LogP contribution in [0.5, 0.6) is 0 Å². The normalized spacial score (nSPS) is 13.2. The first-order valence-corrected chi connectivity index (χ1v) is 8.14. The van der Waals surface area contributed by atoms with Gasteiger partial charge in [0, 0.05) is 5.69 Å².